The van der Waals surface area contributed by atoms with E-state index in [-0.39, 0.29) is 11.6 Å². The van der Waals surface area contributed by atoms with E-state index in [1.165, 1.54) is 18.3 Å². The van der Waals surface area contributed by atoms with Crippen LogP contribution in [0.4, 0.5) is 10.1 Å². The first-order valence-electron chi connectivity index (χ1n) is 6.77. The Bertz CT molecular complexity index is 676. The molecular formula is C15H16ClFN2O2. The molecule has 112 valence electrons. The Morgan fingerprint density at radius 2 is 2.19 bits per heavy atom. The van der Waals surface area contributed by atoms with Gasteiger partial charge in [0.05, 0.1) is 22.8 Å². The minimum absolute atomic E-state index is 0.00939. The maximum atomic E-state index is 13.5. The second-order valence-electron chi connectivity index (χ2n) is 4.48. The number of rotatable bonds is 5. The Morgan fingerprint density at radius 3 is 2.86 bits per heavy atom. The zero-order valence-electron chi connectivity index (χ0n) is 11.9. The summed E-state index contributed by atoms with van der Waals surface area (Å²) < 4.78 is 18.6. The molecule has 0 radical (unpaired) electrons. The molecule has 2 aromatic rings. The molecule has 1 aromatic carbocycles. The predicted octanol–water partition coefficient (Wildman–Crippen LogP) is 4.03. The van der Waals surface area contributed by atoms with Gasteiger partial charge >= 0.3 is 5.97 Å². The molecule has 0 unspecified atom stereocenters. The van der Waals surface area contributed by atoms with E-state index in [4.69, 9.17) is 16.3 Å². The monoisotopic (exact) mass is 310 g/mol. The van der Waals surface area contributed by atoms with Gasteiger partial charge in [0.2, 0.25) is 0 Å². The average molecular weight is 311 g/mol. The van der Waals surface area contributed by atoms with E-state index in [1.807, 2.05) is 6.92 Å². The van der Waals surface area contributed by atoms with Gasteiger partial charge in [-0.15, -0.1) is 0 Å². The largest absolute Gasteiger partial charge is 0.462 e. The van der Waals surface area contributed by atoms with Crippen LogP contribution in [0.2, 0.25) is 5.02 Å². The fourth-order valence-corrected chi connectivity index (χ4v) is 2.15. The van der Waals surface area contributed by atoms with Gasteiger partial charge in [-0.2, -0.15) is 0 Å². The zero-order valence-corrected chi connectivity index (χ0v) is 12.6. The van der Waals surface area contributed by atoms with Crippen LogP contribution in [0.5, 0.6) is 0 Å². The number of pyridine rings is 1. The number of anilines is 1. The highest BCUT2D eigenvalue weighted by molar-refractivity contribution is 6.31. The summed E-state index contributed by atoms with van der Waals surface area (Å²) in [4.78, 5) is 16.1. The second-order valence-corrected chi connectivity index (χ2v) is 4.88. The van der Waals surface area contributed by atoms with Crippen LogP contribution in [-0.4, -0.2) is 24.1 Å². The first-order chi connectivity index (χ1) is 10.1. The Balaban J connectivity index is 2.63. The summed E-state index contributed by atoms with van der Waals surface area (Å²) in [6.45, 7) is 4.68. The average Bonchev–Trinajstić information content (AvgIpc) is 2.46. The van der Waals surface area contributed by atoms with Gasteiger partial charge in [0.25, 0.3) is 0 Å². The standard InChI is InChI=1S/C15H16ClFN2O2/c1-3-5-18-14-9-6-11(16)12(17)7-13(9)19-8-10(14)15(20)21-4-2/h6-8H,3-5H2,1-2H3,(H,18,19). The molecule has 21 heavy (non-hydrogen) atoms. The molecule has 0 aliphatic carbocycles. The van der Waals surface area contributed by atoms with E-state index in [9.17, 15) is 9.18 Å². The van der Waals surface area contributed by atoms with E-state index < -0.39 is 11.8 Å². The van der Waals surface area contributed by atoms with Crippen molar-refractivity contribution in [3.8, 4) is 0 Å². The molecule has 0 aliphatic heterocycles. The van der Waals surface area contributed by atoms with Gasteiger partial charge in [-0.25, -0.2) is 9.18 Å². The number of aromatic nitrogens is 1. The lowest BCUT2D eigenvalue weighted by Gasteiger charge is -2.14. The molecule has 0 saturated heterocycles. The molecule has 0 fully saturated rings. The van der Waals surface area contributed by atoms with Crippen LogP contribution in [0.1, 0.15) is 30.6 Å². The van der Waals surface area contributed by atoms with Gasteiger partial charge in [0.1, 0.15) is 11.4 Å². The molecular weight excluding hydrogens is 295 g/mol. The van der Waals surface area contributed by atoms with Crippen molar-refractivity contribution in [2.75, 3.05) is 18.5 Å². The van der Waals surface area contributed by atoms with Gasteiger partial charge in [-0.1, -0.05) is 18.5 Å². The quantitative estimate of drug-likeness (QED) is 0.847. The number of esters is 1. The summed E-state index contributed by atoms with van der Waals surface area (Å²) in [6.07, 6.45) is 2.27. The molecule has 0 bridgehead atoms. The molecule has 0 saturated carbocycles. The van der Waals surface area contributed by atoms with Gasteiger partial charge in [0.15, 0.2) is 0 Å². The maximum Gasteiger partial charge on any atom is 0.341 e. The molecule has 0 amide bonds. The summed E-state index contributed by atoms with van der Waals surface area (Å²) in [5, 5.41) is 3.76. The third-order valence-corrected chi connectivity index (χ3v) is 3.25. The van der Waals surface area contributed by atoms with Crippen molar-refractivity contribution in [3.05, 3.63) is 34.7 Å². The van der Waals surface area contributed by atoms with E-state index in [0.29, 0.717) is 28.7 Å². The molecule has 4 nitrogen and oxygen atoms in total. The fourth-order valence-electron chi connectivity index (χ4n) is 1.99. The SMILES string of the molecule is CCCNc1c(C(=O)OCC)cnc2cc(F)c(Cl)cc12. The molecule has 6 heteroatoms. The predicted molar refractivity (Wildman–Crippen MR) is 81.4 cm³/mol. The van der Waals surface area contributed by atoms with Crippen molar-refractivity contribution in [2.45, 2.75) is 20.3 Å². The molecule has 1 N–H and O–H groups in total. The summed E-state index contributed by atoms with van der Waals surface area (Å²) in [5.41, 5.74) is 1.33. The van der Waals surface area contributed by atoms with Crippen molar-refractivity contribution in [3.63, 3.8) is 0 Å². The lowest BCUT2D eigenvalue weighted by atomic mass is 10.1. The van der Waals surface area contributed by atoms with Crippen molar-refractivity contribution in [1.82, 2.24) is 4.98 Å². The topological polar surface area (TPSA) is 51.2 Å². The van der Waals surface area contributed by atoms with Crippen LogP contribution in [0.15, 0.2) is 18.3 Å². The van der Waals surface area contributed by atoms with Gasteiger partial charge in [-0.05, 0) is 19.4 Å². The van der Waals surface area contributed by atoms with Gasteiger partial charge < -0.3 is 10.1 Å². The third kappa shape index (κ3) is 3.24. The number of halogens is 2. The number of carbonyl (C=O) groups excluding carboxylic acids is 1. The Morgan fingerprint density at radius 1 is 1.43 bits per heavy atom. The van der Waals surface area contributed by atoms with Crippen LogP contribution >= 0.6 is 11.6 Å². The first kappa shape index (κ1) is 15.5. The number of nitrogens with one attached hydrogen (secondary N) is 1. The van der Waals surface area contributed by atoms with Crippen molar-refractivity contribution < 1.29 is 13.9 Å². The van der Waals surface area contributed by atoms with Crippen molar-refractivity contribution in [1.29, 1.82) is 0 Å². The van der Waals surface area contributed by atoms with Crippen molar-refractivity contribution in [2.24, 2.45) is 0 Å². The molecule has 0 atom stereocenters. The number of benzene rings is 1. The smallest absolute Gasteiger partial charge is 0.341 e. The first-order valence-corrected chi connectivity index (χ1v) is 7.15. The Kier molecular flexibility index (Phi) is 4.96. The number of fused-ring (bicyclic) bond motifs is 1. The highest BCUT2D eigenvalue weighted by Gasteiger charge is 2.17. The number of nitrogens with zero attached hydrogens (tertiary/aromatic N) is 1. The summed E-state index contributed by atoms with van der Waals surface area (Å²) >= 11 is 5.84. The summed E-state index contributed by atoms with van der Waals surface area (Å²) in [5.74, 6) is -1.01. The number of hydrogen-bond acceptors (Lipinski definition) is 4. The summed E-state index contributed by atoms with van der Waals surface area (Å²) in [6, 6.07) is 2.73. The highest BCUT2D eigenvalue weighted by Crippen LogP contribution is 2.30. The lowest BCUT2D eigenvalue weighted by molar-refractivity contribution is 0.0527. The highest BCUT2D eigenvalue weighted by atomic mass is 35.5. The summed E-state index contributed by atoms with van der Waals surface area (Å²) in [7, 11) is 0. The van der Waals surface area contributed by atoms with E-state index in [0.717, 1.165) is 6.42 Å². The van der Waals surface area contributed by atoms with Crippen LogP contribution in [0.25, 0.3) is 10.9 Å². The maximum absolute atomic E-state index is 13.5. The Labute approximate surface area is 127 Å². The lowest BCUT2D eigenvalue weighted by Crippen LogP contribution is -2.11. The van der Waals surface area contributed by atoms with Gasteiger partial charge in [0, 0.05) is 24.2 Å². The van der Waals surface area contributed by atoms with E-state index in [2.05, 4.69) is 10.3 Å². The van der Waals surface area contributed by atoms with E-state index in [1.54, 1.807) is 6.92 Å². The fraction of sp³-hybridized carbons (Fsp3) is 0.333. The molecule has 1 aromatic heterocycles. The second kappa shape index (κ2) is 6.72. The normalized spacial score (nSPS) is 10.7. The van der Waals surface area contributed by atoms with Crippen molar-refractivity contribution >= 4 is 34.2 Å². The molecule has 0 spiro atoms. The molecule has 2 rings (SSSR count). The third-order valence-electron chi connectivity index (χ3n) is 2.96. The molecule has 1 heterocycles. The molecule has 0 aliphatic rings. The number of carbonyl (C=O) groups is 1. The van der Waals surface area contributed by atoms with E-state index >= 15 is 0 Å². The number of ether oxygens (including phenoxy) is 1. The number of hydrogen-bond donors (Lipinski definition) is 1. The van der Waals surface area contributed by atoms with Crippen LogP contribution < -0.4 is 5.32 Å². The Hall–Kier alpha value is -1.88. The van der Waals surface area contributed by atoms with Crippen LogP contribution in [0.3, 0.4) is 0 Å². The minimum atomic E-state index is -0.540. The van der Waals surface area contributed by atoms with Crippen LogP contribution in [-0.2, 0) is 4.74 Å². The zero-order chi connectivity index (χ0) is 15.4. The van der Waals surface area contributed by atoms with Gasteiger partial charge in [-0.3, -0.25) is 4.98 Å². The minimum Gasteiger partial charge on any atom is -0.462 e. The van der Waals surface area contributed by atoms with Crippen LogP contribution in [0, 0.1) is 5.82 Å².